The number of nitrogens with zero attached hydrogens (tertiary/aromatic N) is 2. The second kappa shape index (κ2) is 5.65. The van der Waals surface area contributed by atoms with Gasteiger partial charge < -0.3 is 0 Å². The summed E-state index contributed by atoms with van der Waals surface area (Å²) in [5, 5.41) is 9.71. The fourth-order valence-electron chi connectivity index (χ4n) is 1.46. The molecule has 0 fully saturated rings. The van der Waals surface area contributed by atoms with E-state index in [1.54, 1.807) is 18.2 Å². The molecule has 0 N–H and O–H groups in total. The fourth-order valence-corrected chi connectivity index (χ4v) is 2.43. The molecule has 2 aromatic rings. The summed E-state index contributed by atoms with van der Waals surface area (Å²) in [6, 6.07) is 12.1. The summed E-state index contributed by atoms with van der Waals surface area (Å²) >= 11 is 1.49. The van der Waals surface area contributed by atoms with Crippen molar-refractivity contribution in [3.63, 3.8) is 0 Å². The first-order chi connectivity index (χ1) is 8.69. The molecule has 0 saturated heterocycles. The monoisotopic (exact) mass is 258 g/mol. The smallest absolute Gasteiger partial charge is 0.123 e. The predicted octanol–water partition coefficient (Wildman–Crippen LogP) is 3.69. The summed E-state index contributed by atoms with van der Waals surface area (Å²) in [7, 11) is 0. The van der Waals surface area contributed by atoms with E-state index in [4.69, 9.17) is 5.26 Å². The van der Waals surface area contributed by atoms with Crippen LogP contribution in [0.4, 0.5) is 4.39 Å². The Kier molecular flexibility index (Phi) is 3.96. The first kappa shape index (κ1) is 12.6. The Morgan fingerprint density at radius 1 is 1.22 bits per heavy atom. The van der Waals surface area contributed by atoms with Gasteiger partial charge in [-0.1, -0.05) is 12.1 Å². The number of halogens is 1. The molecule has 18 heavy (non-hydrogen) atoms. The number of aryl methyl sites for hydroxylation is 1. The maximum absolute atomic E-state index is 12.8. The minimum absolute atomic E-state index is 0.241. The van der Waals surface area contributed by atoms with Crippen LogP contribution in [-0.2, 0) is 5.75 Å². The number of nitriles is 1. The van der Waals surface area contributed by atoms with E-state index in [0.29, 0.717) is 11.3 Å². The van der Waals surface area contributed by atoms with Gasteiger partial charge in [0.2, 0.25) is 0 Å². The molecule has 1 aromatic carbocycles. The van der Waals surface area contributed by atoms with E-state index in [1.807, 2.05) is 13.0 Å². The maximum Gasteiger partial charge on any atom is 0.123 e. The highest BCUT2D eigenvalue weighted by atomic mass is 32.2. The fraction of sp³-hybridized carbons (Fsp3) is 0.143. The second-order valence-electron chi connectivity index (χ2n) is 3.83. The van der Waals surface area contributed by atoms with Crippen LogP contribution in [-0.4, -0.2) is 4.98 Å². The van der Waals surface area contributed by atoms with E-state index in [1.165, 1.54) is 23.9 Å². The third kappa shape index (κ3) is 3.08. The number of hydrogen-bond acceptors (Lipinski definition) is 3. The molecule has 0 unspecified atom stereocenters. The van der Waals surface area contributed by atoms with Crippen molar-refractivity contribution in [3.8, 4) is 6.07 Å². The lowest BCUT2D eigenvalue weighted by atomic mass is 10.2. The lowest BCUT2D eigenvalue weighted by Crippen LogP contribution is -1.90. The molecule has 4 heteroatoms. The quantitative estimate of drug-likeness (QED) is 0.788. The van der Waals surface area contributed by atoms with E-state index in [-0.39, 0.29) is 5.82 Å². The minimum Gasteiger partial charge on any atom is -0.245 e. The van der Waals surface area contributed by atoms with Crippen LogP contribution in [0.25, 0.3) is 0 Å². The molecule has 0 aliphatic heterocycles. The van der Waals surface area contributed by atoms with Gasteiger partial charge in [-0.2, -0.15) is 5.26 Å². The van der Waals surface area contributed by atoms with E-state index in [0.717, 1.165) is 16.3 Å². The largest absolute Gasteiger partial charge is 0.245 e. The molecule has 0 amide bonds. The lowest BCUT2D eigenvalue weighted by Gasteiger charge is -2.04. The van der Waals surface area contributed by atoms with Crippen molar-refractivity contribution >= 4 is 11.8 Å². The average Bonchev–Trinajstić information content (AvgIpc) is 2.38. The Balaban J connectivity index is 2.13. The van der Waals surface area contributed by atoms with Crippen LogP contribution in [0.1, 0.15) is 16.8 Å². The zero-order valence-electron chi connectivity index (χ0n) is 9.85. The van der Waals surface area contributed by atoms with Crippen molar-refractivity contribution in [2.24, 2.45) is 0 Å². The minimum atomic E-state index is -0.241. The van der Waals surface area contributed by atoms with E-state index in [2.05, 4.69) is 11.1 Å². The lowest BCUT2D eigenvalue weighted by molar-refractivity contribution is 0.627. The van der Waals surface area contributed by atoms with Crippen molar-refractivity contribution in [2.45, 2.75) is 17.7 Å². The van der Waals surface area contributed by atoms with Crippen LogP contribution in [0.2, 0.25) is 0 Å². The van der Waals surface area contributed by atoms with E-state index in [9.17, 15) is 4.39 Å². The summed E-state index contributed by atoms with van der Waals surface area (Å²) in [4.78, 5) is 4.34. The highest BCUT2D eigenvalue weighted by molar-refractivity contribution is 7.98. The second-order valence-corrected chi connectivity index (χ2v) is 4.80. The van der Waals surface area contributed by atoms with Gasteiger partial charge in [-0.25, -0.2) is 9.37 Å². The third-order valence-corrected chi connectivity index (χ3v) is 3.47. The topological polar surface area (TPSA) is 36.7 Å². The SMILES string of the molecule is Cc1ccc(C#N)c(SCc2ccc(F)cc2)n1. The molecule has 1 aromatic heterocycles. The molecule has 0 atom stereocenters. The van der Waals surface area contributed by atoms with Crippen molar-refractivity contribution in [1.29, 1.82) is 5.26 Å². The van der Waals surface area contributed by atoms with Crippen LogP contribution in [0, 0.1) is 24.1 Å². The van der Waals surface area contributed by atoms with Gasteiger partial charge in [-0.15, -0.1) is 11.8 Å². The molecule has 2 nitrogen and oxygen atoms in total. The average molecular weight is 258 g/mol. The molecule has 0 spiro atoms. The third-order valence-electron chi connectivity index (χ3n) is 2.41. The van der Waals surface area contributed by atoms with Crippen molar-refractivity contribution < 1.29 is 4.39 Å². The van der Waals surface area contributed by atoms with Crippen LogP contribution in [0.15, 0.2) is 41.4 Å². The van der Waals surface area contributed by atoms with E-state index >= 15 is 0 Å². The molecule has 0 radical (unpaired) electrons. The number of benzene rings is 1. The Bertz CT molecular complexity index is 588. The molecule has 0 saturated carbocycles. The van der Waals surface area contributed by atoms with Gasteiger partial charge in [0.1, 0.15) is 16.9 Å². The van der Waals surface area contributed by atoms with Crippen molar-refractivity contribution in [1.82, 2.24) is 4.98 Å². The normalized spacial score (nSPS) is 10.1. The molecule has 0 aliphatic carbocycles. The van der Waals surface area contributed by atoms with Crippen LogP contribution in [0.3, 0.4) is 0 Å². The van der Waals surface area contributed by atoms with Crippen LogP contribution >= 0.6 is 11.8 Å². The predicted molar refractivity (Wildman–Crippen MR) is 69.7 cm³/mol. The Labute approximate surface area is 109 Å². The first-order valence-corrected chi connectivity index (χ1v) is 6.42. The molecular weight excluding hydrogens is 247 g/mol. The zero-order valence-corrected chi connectivity index (χ0v) is 10.7. The van der Waals surface area contributed by atoms with Crippen LogP contribution in [0.5, 0.6) is 0 Å². The summed E-state index contributed by atoms with van der Waals surface area (Å²) < 4.78 is 12.8. The Morgan fingerprint density at radius 2 is 1.94 bits per heavy atom. The Morgan fingerprint density at radius 3 is 2.61 bits per heavy atom. The number of hydrogen-bond donors (Lipinski definition) is 0. The van der Waals surface area contributed by atoms with E-state index < -0.39 is 0 Å². The summed E-state index contributed by atoms with van der Waals surface area (Å²) in [6.45, 7) is 1.89. The van der Waals surface area contributed by atoms with Gasteiger partial charge in [0.25, 0.3) is 0 Å². The maximum atomic E-state index is 12.8. The highest BCUT2D eigenvalue weighted by Crippen LogP contribution is 2.24. The van der Waals surface area contributed by atoms with Gasteiger partial charge in [0.05, 0.1) is 5.56 Å². The Hall–Kier alpha value is -1.86. The number of rotatable bonds is 3. The number of thioether (sulfide) groups is 1. The molecule has 90 valence electrons. The summed E-state index contributed by atoms with van der Waals surface area (Å²) in [5.74, 6) is 0.431. The standard InChI is InChI=1S/C14H11FN2S/c1-10-2-5-12(8-16)14(17-10)18-9-11-3-6-13(15)7-4-11/h2-7H,9H2,1H3. The summed E-state index contributed by atoms with van der Waals surface area (Å²) in [5.41, 5.74) is 2.47. The number of pyridine rings is 1. The molecular formula is C14H11FN2S. The van der Waals surface area contributed by atoms with Gasteiger partial charge in [-0.3, -0.25) is 0 Å². The molecule has 0 bridgehead atoms. The zero-order chi connectivity index (χ0) is 13.0. The first-order valence-electron chi connectivity index (χ1n) is 5.44. The molecule has 2 rings (SSSR count). The molecule has 0 aliphatic rings. The number of aromatic nitrogens is 1. The van der Waals surface area contributed by atoms with Crippen molar-refractivity contribution in [2.75, 3.05) is 0 Å². The molecule has 1 heterocycles. The summed E-state index contributed by atoms with van der Waals surface area (Å²) in [6.07, 6.45) is 0. The highest BCUT2D eigenvalue weighted by Gasteiger charge is 2.05. The van der Waals surface area contributed by atoms with Gasteiger partial charge in [-0.05, 0) is 36.8 Å². The van der Waals surface area contributed by atoms with Crippen LogP contribution < -0.4 is 0 Å². The van der Waals surface area contributed by atoms with Crippen molar-refractivity contribution in [3.05, 3.63) is 59.0 Å². The van der Waals surface area contributed by atoms with Gasteiger partial charge >= 0.3 is 0 Å². The van der Waals surface area contributed by atoms with Gasteiger partial charge in [0, 0.05) is 11.4 Å². The van der Waals surface area contributed by atoms with Gasteiger partial charge in [0.15, 0.2) is 0 Å².